The van der Waals surface area contributed by atoms with Gasteiger partial charge in [-0.1, -0.05) is 0 Å². The molecule has 1 unspecified atom stereocenters. The monoisotopic (exact) mass is 188 g/mol. The number of hydrogen-bond donors (Lipinski definition) is 2. The Bertz CT molecular complexity index is 93.1. The molecule has 0 heterocycles. The Labute approximate surface area is 82.1 Å². The average molecular weight is 188 g/mol. The Morgan fingerprint density at radius 1 is 1.23 bits per heavy atom. The summed E-state index contributed by atoms with van der Waals surface area (Å²) < 4.78 is 0. The van der Waals surface area contributed by atoms with Gasteiger partial charge >= 0.3 is 0 Å². The van der Waals surface area contributed by atoms with Gasteiger partial charge in [-0.3, -0.25) is 0 Å². The standard InChI is InChI=1S/C10H24N2O/c1-10(13)6-8-11-7-4-5-9-12(2)3/h10-11,13H,4-9H2,1-3H3. The van der Waals surface area contributed by atoms with E-state index in [4.69, 9.17) is 5.11 Å². The first kappa shape index (κ1) is 12.9. The van der Waals surface area contributed by atoms with Crippen LogP contribution < -0.4 is 5.32 Å². The zero-order valence-corrected chi connectivity index (χ0v) is 9.21. The van der Waals surface area contributed by atoms with E-state index < -0.39 is 0 Å². The molecule has 0 amide bonds. The maximum atomic E-state index is 8.98. The van der Waals surface area contributed by atoms with Crippen LogP contribution in [0.2, 0.25) is 0 Å². The van der Waals surface area contributed by atoms with Crippen molar-refractivity contribution in [3.8, 4) is 0 Å². The second-order valence-corrected chi connectivity index (χ2v) is 3.90. The van der Waals surface area contributed by atoms with Crippen LogP contribution in [0.25, 0.3) is 0 Å². The van der Waals surface area contributed by atoms with E-state index in [2.05, 4.69) is 24.3 Å². The minimum absolute atomic E-state index is 0.172. The van der Waals surface area contributed by atoms with E-state index in [0.29, 0.717) is 0 Å². The maximum Gasteiger partial charge on any atom is 0.0524 e. The zero-order valence-electron chi connectivity index (χ0n) is 9.21. The van der Waals surface area contributed by atoms with Gasteiger partial charge in [0.2, 0.25) is 0 Å². The lowest BCUT2D eigenvalue weighted by Crippen LogP contribution is -2.21. The minimum Gasteiger partial charge on any atom is -0.393 e. The molecule has 1 atom stereocenters. The summed E-state index contributed by atoms with van der Waals surface area (Å²) in [5.41, 5.74) is 0. The number of unbranched alkanes of at least 4 members (excludes halogenated alkanes) is 1. The first-order chi connectivity index (χ1) is 6.13. The Balaban J connectivity index is 2.92. The summed E-state index contributed by atoms with van der Waals surface area (Å²) in [5.74, 6) is 0. The van der Waals surface area contributed by atoms with Gasteiger partial charge in [0, 0.05) is 0 Å². The molecule has 13 heavy (non-hydrogen) atoms. The molecule has 0 radical (unpaired) electrons. The smallest absolute Gasteiger partial charge is 0.0524 e. The van der Waals surface area contributed by atoms with Gasteiger partial charge in [-0.2, -0.15) is 0 Å². The molecule has 0 aliphatic rings. The van der Waals surface area contributed by atoms with E-state index in [1.807, 2.05) is 6.92 Å². The highest BCUT2D eigenvalue weighted by Gasteiger charge is 1.94. The second kappa shape index (κ2) is 8.48. The van der Waals surface area contributed by atoms with Crippen LogP contribution in [0.15, 0.2) is 0 Å². The molecule has 3 nitrogen and oxygen atoms in total. The van der Waals surface area contributed by atoms with Crippen molar-refractivity contribution in [3.63, 3.8) is 0 Å². The quantitative estimate of drug-likeness (QED) is 0.550. The van der Waals surface area contributed by atoms with Crippen molar-refractivity contribution in [3.05, 3.63) is 0 Å². The number of aliphatic hydroxyl groups excluding tert-OH is 1. The topological polar surface area (TPSA) is 35.5 Å². The fourth-order valence-corrected chi connectivity index (χ4v) is 1.11. The molecule has 2 N–H and O–H groups in total. The Morgan fingerprint density at radius 2 is 1.92 bits per heavy atom. The van der Waals surface area contributed by atoms with E-state index in [0.717, 1.165) is 26.1 Å². The van der Waals surface area contributed by atoms with Gasteiger partial charge in [0.25, 0.3) is 0 Å². The van der Waals surface area contributed by atoms with Crippen LogP contribution in [0, 0.1) is 0 Å². The van der Waals surface area contributed by atoms with Gasteiger partial charge in [0.1, 0.15) is 0 Å². The third-order valence-electron chi connectivity index (χ3n) is 1.95. The lowest BCUT2D eigenvalue weighted by atomic mass is 10.2. The number of nitrogens with one attached hydrogen (secondary N) is 1. The largest absolute Gasteiger partial charge is 0.393 e. The minimum atomic E-state index is -0.172. The number of nitrogens with zero attached hydrogens (tertiary/aromatic N) is 1. The molecule has 0 saturated heterocycles. The van der Waals surface area contributed by atoms with Crippen LogP contribution in [0.5, 0.6) is 0 Å². The predicted octanol–water partition coefficient (Wildman–Crippen LogP) is 0.689. The molecule has 0 spiro atoms. The van der Waals surface area contributed by atoms with Crippen LogP contribution in [0.4, 0.5) is 0 Å². The molecular formula is C10H24N2O. The summed E-state index contributed by atoms with van der Waals surface area (Å²) in [6.07, 6.45) is 3.15. The molecule has 0 saturated carbocycles. The van der Waals surface area contributed by atoms with Crippen LogP contribution in [0.3, 0.4) is 0 Å². The maximum absolute atomic E-state index is 8.98. The fourth-order valence-electron chi connectivity index (χ4n) is 1.11. The Hall–Kier alpha value is -0.120. The van der Waals surface area contributed by atoms with E-state index in [9.17, 15) is 0 Å². The summed E-state index contributed by atoms with van der Waals surface area (Å²) >= 11 is 0. The Morgan fingerprint density at radius 3 is 2.46 bits per heavy atom. The third-order valence-corrected chi connectivity index (χ3v) is 1.95. The molecule has 0 fully saturated rings. The highest BCUT2D eigenvalue weighted by Crippen LogP contribution is 1.90. The lowest BCUT2D eigenvalue weighted by Gasteiger charge is -2.09. The molecule has 3 heteroatoms. The molecule has 0 aromatic rings. The third kappa shape index (κ3) is 11.9. The molecule has 0 aromatic carbocycles. The summed E-state index contributed by atoms with van der Waals surface area (Å²) in [5, 5.41) is 12.3. The predicted molar refractivity (Wildman–Crippen MR) is 57.0 cm³/mol. The van der Waals surface area contributed by atoms with E-state index >= 15 is 0 Å². The van der Waals surface area contributed by atoms with E-state index in [1.165, 1.54) is 12.8 Å². The molecule has 0 aliphatic carbocycles. The van der Waals surface area contributed by atoms with Crippen LogP contribution in [-0.2, 0) is 0 Å². The molecular weight excluding hydrogens is 164 g/mol. The van der Waals surface area contributed by atoms with Crippen molar-refractivity contribution in [2.75, 3.05) is 33.7 Å². The van der Waals surface area contributed by atoms with Crippen LogP contribution in [0.1, 0.15) is 26.2 Å². The summed E-state index contributed by atoms with van der Waals surface area (Å²) in [4.78, 5) is 2.20. The van der Waals surface area contributed by atoms with Gasteiger partial charge < -0.3 is 15.3 Å². The molecule has 80 valence electrons. The number of rotatable bonds is 8. The van der Waals surface area contributed by atoms with Gasteiger partial charge in [-0.15, -0.1) is 0 Å². The van der Waals surface area contributed by atoms with E-state index in [1.54, 1.807) is 0 Å². The van der Waals surface area contributed by atoms with Gasteiger partial charge in [0.15, 0.2) is 0 Å². The van der Waals surface area contributed by atoms with Gasteiger partial charge in [0.05, 0.1) is 6.10 Å². The summed E-state index contributed by atoms with van der Waals surface area (Å²) in [7, 11) is 4.20. The number of aliphatic hydroxyl groups is 1. The summed E-state index contributed by atoms with van der Waals surface area (Å²) in [6.45, 7) is 4.99. The summed E-state index contributed by atoms with van der Waals surface area (Å²) in [6, 6.07) is 0. The van der Waals surface area contributed by atoms with Crippen molar-refractivity contribution in [1.29, 1.82) is 0 Å². The highest BCUT2D eigenvalue weighted by atomic mass is 16.3. The van der Waals surface area contributed by atoms with Crippen molar-refractivity contribution < 1.29 is 5.11 Å². The molecule has 0 bridgehead atoms. The highest BCUT2D eigenvalue weighted by molar-refractivity contribution is 4.53. The molecule has 0 aliphatic heterocycles. The average Bonchev–Trinajstić information content (AvgIpc) is 2.01. The number of hydrogen-bond acceptors (Lipinski definition) is 3. The van der Waals surface area contributed by atoms with Gasteiger partial charge in [-0.05, 0) is 59.9 Å². The Kier molecular flexibility index (Phi) is 8.40. The van der Waals surface area contributed by atoms with Crippen LogP contribution in [-0.4, -0.2) is 49.8 Å². The van der Waals surface area contributed by atoms with E-state index in [-0.39, 0.29) is 6.10 Å². The van der Waals surface area contributed by atoms with Crippen molar-refractivity contribution in [1.82, 2.24) is 10.2 Å². The zero-order chi connectivity index (χ0) is 10.1. The van der Waals surface area contributed by atoms with Crippen LogP contribution >= 0.6 is 0 Å². The molecule has 0 rings (SSSR count). The van der Waals surface area contributed by atoms with Crippen molar-refractivity contribution >= 4 is 0 Å². The van der Waals surface area contributed by atoms with Crippen molar-refractivity contribution in [2.45, 2.75) is 32.3 Å². The first-order valence-corrected chi connectivity index (χ1v) is 5.16. The lowest BCUT2D eigenvalue weighted by molar-refractivity contribution is 0.184. The second-order valence-electron chi connectivity index (χ2n) is 3.90. The fraction of sp³-hybridized carbons (Fsp3) is 1.00. The SMILES string of the molecule is CC(O)CCNCCCCN(C)C. The van der Waals surface area contributed by atoms with Crippen molar-refractivity contribution in [2.24, 2.45) is 0 Å². The normalized spacial score (nSPS) is 13.6. The van der Waals surface area contributed by atoms with Gasteiger partial charge in [-0.25, -0.2) is 0 Å². The molecule has 0 aromatic heterocycles. The first-order valence-electron chi connectivity index (χ1n) is 5.16.